The van der Waals surface area contributed by atoms with E-state index < -0.39 is 0 Å². The van der Waals surface area contributed by atoms with Crippen LogP contribution in [-0.2, 0) is 0 Å². The van der Waals surface area contributed by atoms with Crippen molar-refractivity contribution < 1.29 is 0 Å². The van der Waals surface area contributed by atoms with Gasteiger partial charge in [0.15, 0.2) is 0 Å². The predicted octanol–water partition coefficient (Wildman–Crippen LogP) is 0.0254. The van der Waals surface area contributed by atoms with Gasteiger partial charge in [0.2, 0.25) is 0 Å². The molecule has 8 heavy (non-hydrogen) atoms. The molecular weight excluding hydrogens is 100 g/mol. The highest BCUT2D eigenvalue weighted by Crippen LogP contribution is 1.97. The Morgan fingerprint density at radius 1 is 1.25 bits per heavy atom. The molecule has 0 N–H and O–H groups in total. The summed E-state index contributed by atoms with van der Waals surface area (Å²) in [5.41, 5.74) is 0. The lowest BCUT2D eigenvalue weighted by atomic mass is 10.4. The van der Waals surface area contributed by atoms with Gasteiger partial charge < -0.3 is 4.90 Å². The van der Waals surface area contributed by atoms with Crippen molar-refractivity contribution in [2.24, 2.45) is 0 Å². The van der Waals surface area contributed by atoms with Gasteiger partial charge in [-0.25, -0.2) is 0 Å². The number of hydrogen-bond donors (Lipinski definition) is 0. The van der Waals surface area contributed by atoms with Crippen molar-refractivity contribution >= 4 is 0 Å². The summed E-state index contributed by atoms with van der Waals surface area (Å²) in [6, 6.07) is 0. The number of nitrogens with zero attached hydrogens (tertiary/aromatic N) is 2. The Labute approximate surface area is 51.1 Å². The maximum Gasteiger partial charge on any atom is 0.0388 e. The molecule has 1 heterocycles. The highest BCUT2D eigenvalue weighted by atomic mass is 15.2. The predicted molar refractivity (Wildman–Crippen MR) is 34.4 cm³/mol. The smallest absolute Gasteiger partial charge is 0.0388 e. The van der Waals surface area contributed by atoms with Gasteiger partial charge in [0.1, 0.15) is 0 Å². The molecule has 1 rings (SSSR count). The lowest BCUT2D eigenvalue weighted by Crippen LogP contribution is -2.38. The summed E-state index contributed by atoms with van der Waals surface area (Å²) in [5, 5.41) is 0. The normalized spacial score (nSPS) is 26.2. The Balaban J connectivity index is 2.19. The number of piperazine rings is 1. The van der Waals surface area contributed by atoms with E-state index in [0.717, 1.165) is 6.54 Å². The van der Waals surface area contributed by atoms with Crippen molar-refractivity contribution in [2.75, 3.05) is 33.7 Å². The molecule has 1 radical (unpaired) electrons. The van der Waals surface area contributed by atoms with E-state index in [4.69, 9.17) is 0 Å². The first-order chi connectivity index (χ1) is 3.79. The van der Waals surface area contributed by atoms with Crippen molar-refractivity contribution in [3.05, 3.63) is 6.54 Å². The molecule has 0 aliphatic carbocycles. The molecule has 0 bridgehead atoms. The van der Waals surface area contributed by atoms with Crippen LogP contribution in [0.25, 0.3) is 0 Å². The lowest BCUT2D eigenvalue weighted by Gasteiger charge is -2.28. The molecular formula is C6H13N2. The molecule has 0 saturated carbocycles. The third-order valence-corrected chi connectivity index (χ3v) is 1.54. The van der Waals surface area contributed by atoms with Gasteiger partial charge >= 0.3 is 0 Å². The summed E-state index contributed by atoms with van der Waals surface area (Å²) in [5.74, 6) is 0. The molecule has 0 aromatic heterocycles. The second kappa shape index (κ2) is 2.46. The molecule has 0 spiro atoms. The van der Waals surface area contributed by atoms with Crippen molar-refractivity contribution in [3.8, 4) is 0 Å². The second-order valence-electron chi connectivity index (χ2n) is 2.43. The second-order valence-corrected chi connectivity index (χ2v) is 2.43. The van der Waals surface area contributed by atoms with Crippen LogP contribution in [0.15, 0.2) is 0 Å². The van der Waals surface area contributed by atoms with Crippen LogP contribution in [0.4, 0.5) is 0 Å². The highest BCUT2D eigenvalue weighted by molar-refractivity contribution is 4.75. The van der Waals surface area contributed by atoms with Crippen LogP contribution >= 0.6 is 0 Å². The standard InChI is InChI=1S/C6H13N2/c1-7-3-5-8(2)6-4-7/h3H,4-6H2,1-2H3. The average molecular weight is 113 g/mol. The third-order valence-electron chi connectivity index (χ3n) is 1.54. The largest absolute Gasteiger partial charge is 0.303 e. The number of likely N-dealkylation sites (N-methyl/N-ethyl adjacent to an activating group) is 2. The van der Waals surface area contributed by atoms with E-state index >= 15 is 0 Å². The van der Waals surface area contributed by atoms with E-state index in [1.807, 2.05) is 0 Å². The van der Waals surface area contributed by atoms with Crippen molar-refractivity contribution in [1.82, 2.24) is 9.80 Å². The van der Waals surface area contributed by atoms with Gasteiger partial charge in [0.25, 0.3) is 0 Å². The molecule has 0 unspecified atom stereocenters. The topological polar surface area (TPSA) is 6.48 Å². The Morgan fingerprint density at radius 2 is 2.00 bits per heavy atom. The van der Waals surface area contributed by atoms with Crippen LogP contribution in [0.1, 0.15) is 0 Å². The molecule has 0 atom stereocenters. The van der Waals surface area contributed by atoms with Crippen LogP contribution in [0.2, 0.25) is 0 Å². The maximum atomic E-state index is 2.31. The molecule has 1 aliphatic rings. The van der Waals surface area contributed by atoms with Crippen molar-refractivity contribution in [1.29, 1.82) is 0 Å². The maximum absolute atomic E-state index is 2.31. The molecule has 0 aromatic carbocycles. The molecule has 0 aromatic rings. The summed E-state index contributed by atoms with van der Waals surface area (Å²) in [6.45, 7) is 5.70. The first kappa shape index (κ1) is 6.05. The zero-order valence-corrected chi connectivity index (χ0v) is 5.59. The minimum atomic E-state index is 1.11. The first-order valence-corrected chi connectivity index (χ1v) is 3.01. The van der Waals surface area contributed by atoms with Crippen LogP contribution in [0.5, 0.6) is 0 Å². The SMILES string of the molecule is CN1[CH]CN(C)CC1. The minimum absolute atomic E-state index is 1.11. The Morgan fingerprint density at radius 3 is 2.38 bits per heavy atom. The fraction of sp³-hybridized carbons (Fsp3) is 0.833. The molecule has 2 nitrogen and oxygen atoms in total. The summed E-state index contributed by atoms with van der Waals surface area (Å²) < 4.78 is 0. The van der Waals surface area contributed by atoms with Crippen LogP contribution < -0.4 is 0 Å². The molecule has 47 valence electrons. The Bertz CT molecular complexity index is 54.9. The molecule has 1 saturated heterocycles. The lowest BCUT2D eigenvalue weighted by molar-refractivity contribution is 0.222. The van der Waals surface area contributed by atoms with Gasteiger partial charge in [-0.2, -0.15) is 0 Å². The molecule has 1 aliphatic heterocycles. The summed E-state index contributed by atoms with van der Waals surface area (Å²) in [6.07, 6.45) is 0. The van der Waals surface area contributed by atoms with E-state index in [-0.39, 0.29) is 0 Å². The fourth-order valence-electron chi connectivity index (χ4n) is 0.790. The summed E-state index contributed by atoms with van der Waals surface area (Å²) in [4.78, 5) is 4.54. The van der Waals surface area contributed by atoms with E-state index in [9.17, 15) is 0 Å². The summed E-state index contributed by atoms with van der Waals surface area (Å²) >= 11 is 0. The van der Waals surface area contributed by atoms with Gasteiger partial charge in [0, 0.05) is 26.2 Å². The quantitative estimate of drug-likeness (QED) is 0.437. The van der Waals surface area contributed by atoms with Gasteiger partial charge in [-0.05, 0) is 14.1 Å². The highest BCUT2D eigenvalue weighted by Gasteiger charge is 2.08. The third kappa shape index (κ3) is 1.46. The van der Waals surface area contributed by atoms with Crippen molar-refractivity contribution in [2.45, 2.75) is 0 Å². The number of rotatable bonds is 0. The van der Waals surface area contributed by atoms with Crippen LogP contribution in [0.3, 0.4) is 0 Å². The summed E-state index contributed by atoms with van der Waals surface area (Å²) in [7, 11) is 4.26. The average Bonchev–Trinajstić information content (AvgIpc) is 1.77. The Kier molecular flexibility index (Phi) is 1.86. The van der Waals surface area contributed by atoms with Gasteiger partial charge in [-0.1, -0.05) is 0 Å². The molecule has 0 amide bonds. The molecule has 1 fully saturated rings. The van der Waals surface area contributed by atoms with Crippen LogP contribution in [0, 0.1) is 6.54 Å². The zero-order valence-electron chi connectivity index (χ0n) is 5.59. The number of hydrogen-bond acceptors (Lipinski definition) is 2. The monoisotopic (exact) mass is 113 g/mol. The van der Waals surface area contributed by atoms with Crippen molar-refractivity contribution in [3.63, 3.8) is 0 Å². The van der Waals surface area contributed by atoms with Gasteiger partial charge in [-0.15, -0.1) is 0 Å². The van der Waals surface area contributed by atoms with E-state index in [2.05, 4.69) is 30.4 Å². The Hall–Kier alpha value is -0.0800. The minimum Gasteiger partial charge on any atom is -0.303 e. The molecule has 2 heteroatoms. The van der Waals surface area contributed by atoms with E-state index in [0.29, 0.717) is 0 Å². The van der Waals surface area contributed by atoms with Gasteiger partial charge in [0.05, 0.1) is 0 Å². The zero-order chi connectivity index (χ0) is 5.98. The van der Waals surface area contributed by atoms with Crippen LogP contribution in [-0.4, -0.2) is 43.5 Å². The van der Waals surface area contributed by atoms with Gasteiger partial charge in [-0.3, -0.25) is 4.90 Å². The van der Waals surface area contributed by atoms with E-state index in [1.165, 1.54) is 13.1 Å². The first-order valence-electron chi connectivity index (χ1n) is 3.01. The fourth-order valence-corrected chi connectivity index (χ4v) is 0.790. The van der Waals surface area contributed by atoms with E-state index in [1.54, 1.807) is 0 Å².